The Hall–Kier alpha value is -2.64. The number of halogens is 1. The Labute approximate surface area is 220 Å². The number of sulfonamides is 1. The summed E-state index contributed by atoms with van der Waals surface area (Å²) in [6.07, 6.45) is 4.64. The standard InChI is InChI=1S/C24H32BrN7O3S/c1-18(33)28-36(34,35)23-4-2-3-20(15-23)16-31(12-9-19-5-7-21(25)8-6-19)22-10-13-30(14-11-22)24-17-32(26)29-27-24/h2-8,15,17,22,27,29H,9-14,16,26H2,1H3,(H,28,33). The van der Waals surface area contributed by atoms with Gasteiger partial charge in [-0.05, 0) is 54.7 Å². The van der Waals surface area contributed by atoms with Crippen LogP contribution in [0.2, 0.25) is 0 Å². The van der Waals surface area contributed by atoms with E-state index in [9.17, 15) is 13.2 Å². The first-order valence-corrected chi connectivity index (χ1v) is 14.1. The summed E-state index contributed by atoms with van der Waals surface area (Å²) >= 11 is 3.49. The zero-order valence-electron chi connectivity index (χ0n) is 20.2. The molecule has 1 saturated heterocycles. The van der Waals surface area contributed by atoms with E-state index in [1.807, 2.05) is 29.1 Å². The van der Waals surface area contributed by atoms with Crippen LogP contribution >= 0.6 is 15.9 Å². The number of carbonyl (C=O) groups is 1. The Kier molecular flexibility index (Phi) is 8.52. The molecule has 194 valence electrons. The summed E-state index contributed by atoms with van der Waals surface area (Å²) in [7, 11) is -3.89. The number of amides is 1. The minimum absolute atomic E-state index is 0.0935. The summed E-state index contributed by atoms with van der Waals surface area (Å²) in [4.78, 5) is 16.2. The zero-order chi connectivity index (χ0) is 25.7. The lowest BCUT2D eigenvalue weighted by Gasteiger charge is -2.39. The first-order valence-electron chi connectivity index (χ1n) is 11.8. The van der Waals surface area contributed by atoms with Gasteiger partial charge in [0.15, 0.2) is 0 Å². The third kappa shape index (κ3) is 6.98. The topological polar surface area (TPSA) is 123 Å². The molecule has 2 aliphatic rings. The monoisotopic (exact) mass is 577 g/mol. The van der Waals surface area contributed by atoms with E-state index < -0.39 is 15.9 Å². The van der Waals surface area contributed by atoms with Crippen LogP contribution in [0.3, 0.4) is 0 Å². The van der Waals surface area contributed by atoms with Crippen molar-refractivity contribution in [2.24, 2.45) is 5.84 Å². The molecule has 0 spiro atoms. The van der Waals surface area contributed by atoms with Crippen molar-refractivity contribution in [2.75, 3.05) is 19.6 Å². The van der Waals surface area contributed by atoms with Crippen molar-refractivity contribution in [3.8, 4) is 0 Å². The van der Waals surface area contributed by atoms with Gasteiger partial charge in [-0.3, -0.25) is 15.1 Å². The van der Waals surface area contributed by atoms with Crippen LogP contribution in [0.1, 0.15) is 30.9 Å². The lowest BCUT2D eigenvalue weighted by Crippen LogP contribution is -2.47. The lowest BCUT2D eigenvalue weighted by molar-refractivity contribution is -0.117. The van der Waals surface area contributed by atoms with Crippen molar-refractivity contribution >= 4 is 31.9 Å². The summed E-state index contributed by atoms with van der Waals surface area (Å²) in [5.41, 5.74) is 8.06. The average molecular weight is 579 g/mol. The molecule has 36 heavy (non-hydrogen) atoms. The molecule has 2 aliphatic heterocycles. The number of piperidine rings is 1. The number of nitrogens with one attached hydrogen (secondary N) is 3. The van der Waals surface area contributed by atoms with Crippen LogP contribution in [-0.2, 0) is 27.8 Å². The fraction of sp³-hybridized carbons (Fsp3) is 0.375. The van der Waals surface area contributed by atoms with Gasteiger partial charge < -0.3 is 4.90 Å². The fourth-order valence-electron chi connectivity index (χ4n) is 4.56. The Morgan fingerprint density at radius 1 is 1.17 bits per heavy atom. The van der Waals surface area contributed by atoms with Crippen molar-refractivity contribution in [3.05, 3.63) is 76.2 Å². The molecule has 4 rings (SSSR count). The van der Waals surface area contributed by atoms with E-state index in [0.717, 1.165) is 54.8 Å². The number of hydrogen-bond donors (Lipinski definition) is 4. The zero-order valence-corrected chi connectivity index (χ0v) is 22.6. The van der Waals surface area contributed by atoms with Crippen LogP contribution in [0, 0.1) is 0 Å². The Bertz CT molecular complexity index is 1200. The quantitative estimate of drug-likeness (QED) is 0.330. The molecule has 0 saturated carbocycles. The van der Waals surface area contributed by atoms with Crippen molar-refractivity contribution < 1.29 is 13.2 Å². The molecular formula is C24H32BrN7O3S. The van der Waals surface area contributed by atoms with Gasteiger partial charge in [-0.15, -0.1) is 5.53 Å². The van der Waals surface area contributed by atoms with Gasteiger partial charge >= 0.3 is 0 Å². The van der Waals surface area contributed by atoms with E-state index in [1.165, 1.54) is 23.7 Å². The smallest absolute Gasteiger partial charge is 0.264 e. The summed E-state index contributed by atoms with van der Waals surface area (Å²) in [5, 5.41) is 1.40. The number of nitrogens with zero attached hydrogens (tertiary/aromatic N) is 3. The number of rotatable bonds is 9. The van der Waals surface area contributed by atoms with Crippen molar-refractivity contribution in [1.29, 1.82) is 0 Å². The third-order valence-corrected chi connectivity index (χ3v) is 8.33. The van der Waals surface area contributed by atoms with Crippen molar-refractivity contribution in [1.82, 2.24) is 30.6 Å². The number of likely N-dealkylation sites (tertiary alicyclic amines) is 1. The summed E-state index contributed by atoms with van der Waals surface area (Å²) in [5.74, 6) is 6.09. The van der Waals surface area contributed by atoms with Crippen LogP contribution in [0.15, 0.2) is 69.9 Å². The minimum atomic E-state index is -3.89. The summed E-state index contributed by atoms with van der Waals surface area (Å²) in [6, 6.07) is 15.5. The summed E-state index contributed by atoms with van der Waals surface area (Å²) < 4.78 is 28.1. The summed E-state index contributed by atoms with van der Waals surface area (Å²) in [6.45, 7) is 4.41. The van der Waals surface area contributed by atoms with Crippen LogP contribution in [0.5, 0.6) is 0 Å². The first kappa shape index (κ1) is 26.4. The number of hydrogen-bond acceptors (Lipinski definition) is 9. The van der Waals surface area contributed by atoms with Crippen LogP contribution < -0.4 is 21.5 Å². The second-order valence-electron chi connectivity index (χ2n) is 9.03. The van der Waals surface area contributed by atoms with E-state index in [2.05, 4.69) is 48.8 Å². The van der Waals surface area contributed by atoms with Gasteiger partial charge in [-0.2, -0.15) is 0 Å². The maximum Gasteiger partial charge on any atom is 0.264 e. The normalized spacial score (nSPS) is 16.7. The van der Waals surface area contributed by atoms with E-state index in [-0.39, 0.29) is 4.90 Å². The molecule has 1 fully saturated rings. The molecule has 1 amide bonds. The highest BCUT2D eigenvalue weighted by molar-refractivity contribution is 9.10. The fourth-order valence-corrected chi connectivity index (χ4v) is 5.88. The van der Waals surface area contributed by atoms with E-state index in [0.29, 0.717) is 12.6 Å². The van der Waals surface area contributed by atoms with Gasteiger partial charge in [-0.25, -0.2) is 24.1 Å². The molecule has 0 unspecified atom stereocenters. The molecule has 10 nitrogen and oxygen atoms in total. The molecule has 0 radical (unpaired) electrons. The Morgan fingerprint density at radius 3 is 2.53 bits per heavy atom. The highest BCUT2D eigenvalue weighted by Gasteiger charge is 2.27. The predicted molar refractivity (Wildman–Crippen MR) is 141 cm³/mol. The average Bonchev–Trinajstić information content (AvgIpc) is 3.28. The Balaban J connectivity index is 1.48. The molecule has 0 aliphatic carbocycles. The van der Waals surface area contributed by atoms with Crippen LogP contribution in [-0.4, -0.2) is 54.9 Å². The maximum absolute atomic E-state index is 12.5. The number of carbonyl (C=O) groups excluding carboxylic acids is 1. The molecular weight excluding hydrogens is 546 g/mol. The molecule has 0 aromatic heterocycles. The van der Waals surface area contributed by atoms with Gasteiger partial charge in [0.2, 0.25) is 5.91 Å². The largest absolute Gasteiger partial charge is 0.356 e. The highest BCUT2D eigenvalue weighted by atomic mass is 79.9. The molecule has 0 bridgehead atoms. The maximum atomic E-state index is 12.5. The predicted octanol–water partition coefficient (Wildman–Crippen LogP) is 1.78. The highest BCUT2D eigenvalue weighted by Crippen LogP contribution is 2.23. The molecule has 2 aromatic rings. The molecule has 2 heterocycles. The van der Waals surface area contributed by atoms with Gasteiger partial charge in [0.1, 0.15) is 5.82 Å². The van der Waals surface area contributed by atoms with Crippen LogP contribution in [0.4, 0.5) is 0 Å². The van der Waals surface area contributed by atoms with Crippen LogP contribution in [0.25, 0.3) is 0 Å². The van der Waals surface area contributed by atoms with Gasteiger partial charge in [0.25, 0.3) is 10.0 Å². The molecule has 0 atom stereocenters. The third-order valence-electron chi connectivity index (χ3n) is 6.37. The Morgan fingerprint density at radius 2 is 1.89 bits per heavy atom. The van der Waals surface area contributed by atoms with Crippen molar-refractivity contribution in [2.45, 2.75) is 43.7 Å². The molecule has 12 heteroatoms. The second-order valence-corrected chi connectivity index (χ2v) is 11.6. The SMILES string of the molecule is CC(=O)NS(=O)(=O)c1cccc(CN(CCc2ccc(Br)cc2)C2CCN(C3=CN(N)NN3)CC2)c1. The number of benzene rings is 2. The minimum Gasteiger partial charge on any atom is -0.356 e. The number of nitrogens with two attached hydrogens (primary N) is 1. The molecule has 5 N–H and O–H groups in total. The number of hydrazine groups is 3. The second kappa shape index (κ2) is 11.6. The van der Waals surface area contributed by atoms with Gasteiger partial charge in [0, 0.05) is 43.6 Å². The van der Waals surface area contributed by atoms with E-state index in [1.54, 1.807) is 12.1 Å². The van der Waals surface area contributed by atoms with E-state index >= 15 is 0 Å². The van der Waals surface area contributed by atoms with Gasteiger partial charge in [0.05, 0.1) is 11.1 Å². The first-order chi connectivity index (χ1) is 17.2. The molecule has 2 aromatic carbocycles. The van der Waals surface area contributed by atoms with Gasteiger partial charge in [-0.1, -0.05) is 40.2 Å². The lowest BCUT2D eigenvalue weighted by atomic mass is 10.0. The van der Waals surface area contributed by atoms with Crippen molar-refractivity contribution in [3.63, 3.8) is 0 Å². The van der Waals surface area contributed by atoms with E-state index in [4.69, 9.17) is 5.84 Å².